The van der Waals surface area contributed by atoms with E-state index in [1.807, 2.05) is 6.07 Å². The van der Waals surface area contributed by atoms with Crippen molar-refractivity contribution in [3.63, 3.8) is 0 Å². The van der Waals surface area contributed by atoms with E-state index in [0.29, 0.717) is 5.75 Å². The highest BCUT2D eigenvalue weighted by atomic mass is 31.0. The molecule has 1 aromatic rings. The van der Waals surface area contributed by atoms with Crippen molar-refractivity contribution in [3.8, 4) is 5.75 Å². The fourth-order valence-corrected chi connectivity index (χ4v) is 1.14. The molecule has 0 radical (unpaired) electrons. The number of carbonyl (C=O) groups is 1. The predicted octanol–water partition coefficient (Wildman–Crippen LogP) is 0.276. The zero-order valence-electron chi connectivity index (χ0n) is 7.94. The first-order valence-corrected chi connectivity index (χ1v) is 4.89. The van der Waals surface area contributed by atoms with Crippen LogP contribution in [0.3, 0.4) is 0 Å². The summed E-state index contributed by atoms with van der Waals surface area (Å²) < 4.78 is 5.00. The number of guanidine groups is 1. The topological polar surface area (TPSA) is 88.2 Å². The van der Waals surface area contributed by atoms with Crippen LogP contribution in [0.4, 0.5) is 0 Å². The third kappa shape index (κ3) is 3.95. The van der Waals surface area contributed by atoms with Gasteiger partial charge in [0.25, 0.3) is 0 Å². The second-order valence-electron chi connectivity index (χ2n) is 2.77. The number of para-hydroxylation sites is 1. The number of ether oxygens (including phenoxy) is 1. The molecule has 0 aliphatic carbocycles. The lowest BCUT2D eigenvalue weighted by molar-refractivity contribution is -0.134. The van der Waals surface area contributed by atoms with E-state index in [2.05, 4.69) is 14.6 Å². The molecule has 2 unspecified atom stereocenters. The number of carbonyl (C=O) groups excluding carboxylic acids is 1. The molecule has 0 aromatic heterocycles. The standard InChI is InChI=1S/C9H12N3O2P/c10-9(11)12-7(15)8(13)14-6-4-2-1-3-5-6/h1-5,7H,15H2,(H4,10,11,12). The van der Waals surface area contributed by atoms with Crippen molar-refractivity contribution < 1.29 is 9.53 Å². The first kappa shape index (κ1) is 11.5. The number of hydrogen-bond donors (Lipinski definition) is 3. The summed E-state index contributed by atoms with van der Waals surface area (Å²) in [6, 6.07) is 8.69. The molecule has 1 aromatic carbocycles. The van der Waals surface area contributed by atoms with E-state index < -0.39 is 11.8 Å². The third-order valence-corrected chi connectivity index (χ3v) is 1.97. The number of rotatable bonds is 3. The lowest BCUT2D eigenvalue weighted by Gasteiger charge is -2.12. The maximum Gasteiger partial charge on any atom is 0.337 e. The molecule has 0 aliphatic heterocycles. The maximum absolute atomic E-state index is 11.4. The molecule has 2 atom stereocenters. The lowest BCUT2D eigenvalue weighted by atomic mass is 10.3. The van der Waals surface area contributed by atoms with Crippen molar-refractivity contribution >= 4 is 21.2 Å². The van der Waals surface area contributed by atoms with Crippen molar-refractivity contribution in [3.05, 3.63) is 30.3 Å². The van der Waals surface area contributed by atoms with Gasteiger partial charge in [-0.3, -0.25) is 5.41 Å². The van der Waals surface area contributed by atoms with E-state index >= 15 is 0 Å². The van der Waals surface area contributed by atoms with Gasteiger partial charge in [-0.15, -0.1) is 9.24 Å². The van der Waals surface area contributed by atoms with E-state index in [1.54, 1.807) is 24.3 Å². The zero-order valence-corrected chi connectivity index (χ0v) is 9.09. The van der Waals surface area contributed by atoms with E-state index in [4.69, 9.17) is 15.9 Å². The smallest absolute Gasteiger partial charge is 0.337 e. The van der Waals surface area contributed by atoms with Crippen molar-refractivity contribution in [1.82, 2.24) is 5.32 Å². The van der Waals surface area contributed by atoms with E-state index in [-0.39, 0.29) is 5.96 Å². The van der Waals surface area contributed by atoms with Crippen molar-refractivity contribution in [2.45, 2.75) is 5.78 Å². The van der Waals surface area contributed by atoms with Gasteiger partial charge in [-0.1, -0.05) is 18.2 Å². The average molecular weight is 225 g/mol. The Bertz CT molecular complexity index is 356. The number of esters is 1. The van der Waals surface area contributed by atoms with Crippen LogP contribution in [0, 0.1) is 5.41 Å². The largest absolute Gasteiger partial charge is 0.425 e. The van der Waals surface area contributed by atoms with Crippen LogP contribution in [0.1, 0.15) is 0 Å². The Morgan fingerprint density at radius 2 is 2.07 bits per heavy atom. The van der Waals surface area contributed by atoms with Crippen LogP contribution < -0.4 is 15.8 Å². The first-order chi connectivity index (χ1) is 7.09. The van der Waals surface area contributed by atoms with Gasteiger partial charge in [-0.05, 0) is 12.1 Å². The monoisotopic (exact) mass is 225 g/mol. The van der Waals surface area contributed by atoms with Crippen LogP contribution in [0.5, 0.6) is 5.75 Å². The van der Waals surface area contributed by atoms with Crippen molar-refractivity contribution in [1.29, 1.82) is 5.41 Å². The maximum atomic E-state index is 11.4. The van der Waals surface area contributed by atoms with Crippen LogP contribution in [-0.4, -0.2) is 17.7 Å². The summed E-state index contributed by atoms with van der Waals surface area (Å²) in [5.41, 5.74) is 5.08. The Morgan fingerprint density at radius 3 is 2.60 bits per heavy atom. The lowest BCUT2D eigenvalue weighted by Crippen LogP contribution is -2.42. The summed E-state index contributed by atoms with van der Waals surface area (Å²) in [5.74, 6) is -1.05. The molecule has 0 spiro atoms. The molecular formula is C9H12N3O2P. The van der Waals surface area contributed by atoms with E-state index in [1.165, 1.54) is 0 Å². The molecule has 4 N–H and O–H groups in total. The SMILES string of the molecule is N=C(N)NC(P)C(=O)Oc1ccccc1. The van der Waals surface area contributed by atoms with Crippen molar-refractivity contribution in [2.24, 2.45) is 5.73 Å². The first-order valence-electron chi connectivity index (χ1n) is 4.22. The van der Waals surface area contributed by atoms with Crippen molar-refractivity contribution in [2.75, 3.05) is 0 Å². The van der Waals surface area contributed by atoms with Gasteiger partial charge in [0, 0.05) is 0 Å². The third-order valence-electron chi connectivity index (χ3n) is 1.53. The molecule has 5 nitrogen and oxygen atoms in total. The Kier molecular flexibility index (Phi) is 4.06. The van der Waals surface area contributed by atoms with Crippen LogP contribution in [-0.2, 0) is 4.79 Å². The zero-order chi connectivity index (χ0) is 11.3. The molecule has 0 saturated carbocycles. The quantitative estimate of drug-likeness (QED) is 0.226. The minimum atomic E-state index is -0.720. The molecule has 15 heavy (non-hydrogen) atoms. The van der Waals surface area contributed by atoms with Gasteiger partial charge in [-0.25, -0.2) is 4.79 Å². The fourth-order valence-electron chi connectivity index (χ4n) is 0.895. The van der Waals surface area contributed by atoms with Gasteiger partial charge in [0.1, 0.15) is 11.5 Å². The molecule has 0 fully saturated rings. The Labute approximate surface area is 89.7 Å². The molecular weight excluding hydrogens is 213 g/mol. The highest BCUT2D eigenvalue weighted by molar-refractivity contribution is 7.19. The normalized spacial score (nSPS) is 11.5. The summed E-state index contributed by atoms with van der Waals surface area (Å²) >= 11 is 0. The second-order valence-corrected chi connectivity index (χ2v) is 3.44. The highest BCUT2D eigenvalue weighted by Crippen LogP contribution is 2.10. The van der Waals surface area contributed by atoms with E-state index in [0.717, 1.165) is 0 Å². The summed E-state index contributed by atoms with van der Waals surface area (Å²) in [6.07, 6.45) is 0. The van der Waals surface area contributed by atoms with Gasteiger partial charge in [0.05, 0.1) is 0 Å². The number of nitrogens with one attached hydrogen (secondary N) is 2. The molecule has 0 saturated heterocycles. The molecule has 0 heterocycles. The van der Waals surface area contributed by atoms with Gasteiger partial charge in [0.15, 0.2) is 5.96 Å². The number of nitrogens with two attached hydrogens (primary N) is 1. The molecule has 0 aliphatic rings. The van der Waals surface area contributed by atoms with Gasteiger partial charge in [-0.2, -0.15) is 0 Å². The van der Waals surface area contributed by atoms with Gasteiger partial charge >= 0.3 is 5.97 Å². The van der Waals surface area contributed by atoms with Gasteiger partial charge in [0.2, 0.25) is 0 Å². The summed E-state index contributed by atoms with van der Waals surface area (Å²) in [4.78, 5) is 11.4. The minimum absolute atomic E-state index is 0.278. The average Bonchev–Trinajstić information content (AvgIpc) is 2.18. The predicted molar refractivity (Wildman–Crippen MR) is 60.6 cm³/mol. The Morgan fingerprint density at radius 1 is 1.47 bits per heavy atom. The summed E-state index contributed by atoms with van der Waals surface area (Å²) in [6.45, 7) is 0. The summed E-state index contributed by atoms with van der Waals surface area (Å²) in [5, 5.41) is 9.36. The molecule has 0 bridgehead atoms. The number of benzene rings is 1. The fraction of sp³-hybridized carbons (Fsp3) is 0.111. The second kappa shape index (κ2) is 5.32. The molecule has 0 amide bonds. The van der Waals surface area contributed by atoms with Crippen LogP contribution in [0.2, 0.25) is 0 Å². The van der Waals surface area contributed by atoms with Crippen LogP contribution in [0.25, 0.3) is 0 Å². The molecule has 6 heteroatoms. The summed E-state index contributed by atoms with van der Waals surface area (Å²) in [7, 11) is 2.21. The van der Waals surface area contributed by atoms with Crippen LogP contribution in [0.15, 0.2) is 30.3 Å². The molecule has 1 rings (SSSR count). The number of hydrogen-bond acceptors (Lipinski definition) is 3. The minimum Gasteiger partial charge on any atom is -0.425 e. The Hall–Kier alpha value is -1.61. The molecule has 80 valence electrons. The van der Waals surface area contributed by atoms with Crippen LogP contribution >= 0.6 is 9.24 Å². The Balaban J connectivity index is 2.52. The van der Waals surface area contributed by atoms with Gasteiger partial charge < -0.3 is 15.8 Å². The van der Waals surface area contributed by atoms with E-state index in [9.17, 15) is 4.79 Å². The highest BCUT2D eigenvalue weighted by Gasteiger charge is 2.15.